The lowest BCUT2D eigenvalue weighted by Crippen LogP contribution is -2.46. The normalized spacial score (nSPS) is 22.5. The number of nitrogens with one attached hydrogen (secondary N) is 2. The molecule has 1 aromatic rings. The van der Waals surface area contributed by atoms with Gasteiger partial charge in [-0.15, -0.1) is 0 Å². The van der Waals surface area contributed by atoms with Crippen molar-refractivity contribution in [3.63, 3.8) is 0 Å². The van der Waals surface area contributed by atoms with Gasteiger partial charge in [-0.05, 0) is 25.7 Å². The predicted octanol–water partition coefficient (Wildman–Crippen LogP) is 1.28. The summed E-state index contributed by atoms with van der Waals surface area (Å²) in [7, 11) is 1.27. The van der Waals surface area contributed by atoms with Crippen molar-refractivity contribution in [2.24, 2.45) is 5.92 Å². The lowest BCUT2D eigenvalue weighted by molar-refractivity contribution is -0.142. The van der Waals surface area contributed by atoms with E-state index < -0.39 is 11.8 Å². The summed E-state index contributed by atoms with van der Waals surface area (Å²) in [5.74, 6) is -1.18. The van der Waals surface area contributed by atoms with E-state index in [9.17, 15) is 14.0 Å². The maximum absolute atomic E-state index is 13.0. The van der Waals surface area contributed by atoms with Crippen LogP contribution in [0.4, 0.5) is 10.3 Å². The topological polar surface area (TPSA) is 102 Å². The minimum absolute atomic E-state index is 0.0896. The number of amides is 1. The van der Waals surface area contributed by atoms with Gasteiger partial charge in [-0.1, -0.05) is 6.92 Å². The van der Waals surface area contributed by atoms with Gasteiger partial charge in [0.15, 0.2) is 5.82 Å². The first-order chi connectivity index (χ1) is 12.5. The van der Waals surface area contributed by atoms with Gasteiger partial charge in [0.2, 0.25) is 11.9 Å². The van der Waals surface area contributed by atoms with Crippen LogP contribution in [0.15, 0.2) is 12.4 Å². The zero-order chi connectivity index (χ0) is 18.9. The van der Waals surface area contributed by atoms with Gasteiger partial charge in [-0.25, -0.2) is 14.4 Å². The number of methoxy groups -OCH3 is 1. The highest BCUT2D eigenvalue weighted by Gasteiger charge is 2.35. The highest BCUT2D eigenvalue weighted by atomic mass is 19.1. The molecule has 1 aliphatic carbocycles. The van der Waals surface area contributed by atoms with E-state index in [0.29, 0.717) is 25.9 Å². The highest BCUT2D eigenvalue weighted by Crippen LogP contribution is 2.29. The second-order valence-electron chi connectivity index (χ2n) is 6.19. The van der Waals surface area contributed by atoms with Crippen molar-refractivity contribution in [2.45, 2.75) is 44.8 Å². The van der Waals surface area contributed by atoms with Gasteiger partial charge in [0.1, 0.15) is 6.54 Å². The largest absolute Gasteiger partial charge is 0.468 e. The maximum Gasteiger partial charge on any atom is 0.325 e. The van der Waals surface area contributed by atoms with Crippen molar-refractivity contribution in [3.05, 3.63) is 18.2 Å². The highest BCUT2D eigenvalue weighted by molar-refractivity contribution is 5.83. The van der Waals surface area contributed by atoms with Crippen LogP contribution in [0.3, 0.4) is 0 Å². The number of carbonyl (C=O) groups is 2. The fourth-order valence-corrected chi connectivity index (χ4v) is 2.93. The molecule has 0 bridgehead atoms. The number of nitrogens with zero attached hydrogens (tertiary/aromatic N) is 2. The molecule has 144 valence electrons. The smallest absolute Gasteiger partial charge is 0.325 e. The first-order valence-corrected chi connectivity index (χ1v) is 8.73. The van der Waals surface area contributed by atoms with Crippen LogP contribution in [-0.4, -0.2) is 54.3 Å². The zero-order valence-corrected chi connectivity index (χ0v) is 15.0. The Morgan fingerprint density at radius 3 is 2.69 bits per heavy atom. The van der Waals surface area contributed by atoms with Crippen LogP contribution in [0.5, 0.6) is 0 Å². The van der Waals surface area contributed by atoms with Gasteiger partial charge in [0.05, 0.1) is 31.6 Å². The minimum atomic E-state index is -0.516. The number of hydrogen-bond donors (Lipinski definition) is 2. The molecule has 1 aliphatic rings. The third-order valence-corrected chi connectivity index (χ3v) is 4.26. The average molecular weight is 368 g/mol. The molecule has 1 heterocycles. The number of ether oxygens (including phenoxy) is 2. The van der Waals surface area contributed by atoms with E-state index in [-0.39, 0.29) is 36.5 Å². The van der Waals surface area contributed by atoms with Crippen molar-refractivity contribution in [1.82, 2.24) is 15.3 Å². The van der Waals surface area contributed by atoms with E-state index in [1.165, 1.54) is 7.11 Å². The van der Waals surface area contributed by atoms with Crippen LogP contribution < -0.4 is 10.6 Å². The van der Waals surface area contributed by atoms with Gasteiger partial charge >= 0.3 is 5.97 Å². The second-order valence-corrected chi connectivity index (χ2v) is 6.19. The molecule has 1 amide bonds. The summed E-state index contributed by atoms with van der Waals surface area (Å²) in [5, 5.41) is 5.73. The summed E-state index contributed by atoms with van der Waals surface area (Å²) in [6.07, 6.45) is 4.81. The first-order valence-electron chi connectivity index (χ1n) is 8.73. The summed E-state index contributed by atoms with van der Waals surface area (Å²) < 4.78 is 23.4. The maximum atomic E-state index is 13.0. The lowest BCUT2D eigenvalue weighted by atomic mass is 9.83. The number of hydrogen-bond acceptors (Lipinski definition) is 7. The Balaban J connectivity index is 1.99. The molecule has 26 heavy (non-hydrogen) atoms. The molecule has 3 atom stereocenters. The molecular weight excluding hydrogens is 343 g/mol. The molecule has 0 spiro atoms. The van der Waals surface area contributed by atoms with Crippen LogP contribution in [0.2, 0.25) is 0 Å². The van der Waals surface area contributed by atoms with Gasteiger partial charge in [0.25, 0.3) is 0 Å². The lowest BCUT2D eigenvalue weighted by Gasteiger charge is -2.35. The zero-order valence-electron chi connectivity index (χ0n) is 15.0. The van der Waals surface area contributed by atoms with Crippen LogP contribution in [-0.2, 0) is 19.1 Å². The number of anilines is 1. The molecule has 1 fully saturated rings. The summed E-state index contributed by atoms with van der Waals surface area (Å²) in [6.45, 7) is 2.49. The quantitative estimate of drug-likeness (QED) is 0.666. The third-order valence-electron chi connectivity index (χ3n) is 4.26. The summed E-state index contributed by atoms with van der Waals surface area (Å²) in [4.78, 5) is 31.3. The van der Waals surface area contributed by atoms with E-state index in [1.807, 2.05) is 6.92 Å². The van der Waals surface area contributed by atoms with E-state index in [4.69, 9.17) is 4.74 Å². The second kappa shape index (κ2) is 10.0. The molecule has 0 unspecified atom stereocenters. The van der Waals surface area contributed by atoms with Crippen molar-refractivity contribution in [3.8, 4) is 0 Å². The van der Waals surface area contributed by atoms with Crippen LogP contribution in [0.25, 0.3) is 0 Å². The molecule has 1 saturated carbocycles. The van der Waals surface area contributed by atoms with Crippen molar-refractivity contribution < 1.29 is 23.5 Å². The molecule has 0 radical (unpaired) electrons. The van der Waals surface area contributed by atoms with E-state index >= 15 is 0 Å². The monoisotopic (exact) mass is 368 g/mol. The third kappa shape index (κ3) is 5.91. The summed E-state index contributed by atoms with van der Waals surface area (Å²) >= 11 is 0. The molecule has 2 N–H and O–H groups in total. The average Bonchev–Trinajstić information content (AvgIpc) is 2.66. The Kier molecular flexibility index (Phi) is 7.71. The van der Waals surface area contributed by atoms with Crippen molar-refractivity contribution >= 4 is 17.8 Å². The van der Waals surface area contributed by atoms with Gasteiger partial charge < -0.3 is 20.1 Å². The summed E-state index contributed by atoms with van der Waals surface area (Å²) in [5.41, 5.74) is 0. The van der Waals surface area contributed by atoms with Gasteiger partial charge in [-0.3, -0.25) is 9.59 Å². The number of rotatable bonds is 8. The molecule has 8 nitrogen and oxygen atoms in total. The fraction of sp³-hybridized carbons (Fsp3) is 0.647. The fourth-order valence-electron chi connectivity index (χ4n) is 2.93. The Morgan fingerprint density at radius 1 is 1.31 bits per heavy atom. The number of esters is 1. The number of carbonyl (C=O) groups excluding carboxylic acids is 2. The summed E-state index contributed by atoms with van der Waals surface area (Å²) in [6, 6.07) is -0.186. The molecule has 1 aromatic heterocycles. The Hall–Kier alpha value is -2.29. The van der Waals surface area contributed by atoms with E-state index in [1.54, 1.807) is 0 Å². The molecule has 2 rings (SSSR count). The SMILES string of the molecule is CCCO[C@@H]1CC[C@H](C(=O)NCC(=O)OC)C[C@H]1Nc1ncc(F)cn1. The van der Waals surface area contributed by atoms with E-state index in [2.05, 4.69) is 25.3 Å². The Morgan fingerprint density at radius 2 is 2.04 bits per heavy atom. The van der Waals surface area contributed by atoms with Gasteiger partial charge in [0, 0.05) is 12.5 Å². The molecule has 9 heteroatoms. The standard InChI is InChI=1S/C17H25FN4O4/c1-3-6-26-14-5-4-11(16(24)19-10-15(23)25-2)7-13(14)22-17-20-8-12(18)9-21-17/h8-9,11,13-14H,3-7,10H2,1-2H3,(H,19,24)(H,20,21,22)/t11-,13+,14+/m0/s1. The Labute approximate surface area is 151 Å². The number of halogens is 1. The van der Waals surface area contributed by atoms with Crippen LogP contribution in [0.1, 0.15) is 32.6 Å². The first kappa shape index (κ1) is 20.0. The molecule has 0 aliphatic heterocycles. The van der Waals surface area contributed by atoms with E-state index in [0.717, 1.165) is 18.8 Å². The van der Waals surface area contributed by atoms with Gasteiger partial charge in [-0.2, -0.15) is 0 Å². The van der Waals surface area contributed by atoms with Crippen molar-refractivity contribution in [2.75, 3.05) is 25.6 Å². The predicted molar refractivity (Wildman–Crippen MR) is 91.8 cm³/mol. The molecular formula is C17H25FN4O4. The molecule has 0 aromatic carbocycles. The Bertz CT molecular complexity index is 599. The van der Waals surface area contributed by atoms with Crippen molar-refractivity contribution in [1.29, 1.82) is 0 Å². The van der Waals surface area contributed by atoms with Crippen LogP contribution in [0, 0.1) is 11.7 Å². The minimum Gasteiger partial charge on any atom is -0.468 e. The number of aromatic nitrogens is 2. The molecule has 0 saturated heterocycles. The van der Waals surface area contributed by atoms with Crippen LogP contribution >= 0.6 is 0 Å².